The standard InChI is InChI=1S/C20H26F2N2O4/c1-2-24(15-6-4-3-5-7-15)18(25)13-28-19(26)10-11-23-20(27)16-9-8-14(21)12-17(16)22/h8-9,12,15H,2-7,10-11,13H2,1H3,(H,23,27). The Bertz CT molecular complexity index is 705. The Morgan fingerprint density at radius 3 is 2.54 bits per heavy atom. The van der Waals surface area contributed by atoms with Gasteiger partial charge in [-0.25, -0.2) is 8.78 Å². The molecule has 0 bridgehead atoms. The van der Waals surface area contributed by atoms with Gasteiger partial charge in [-0.05, 0) is 31.9 Å². The smallest absolute Gasteiger partial charge is 0.308 e. The monoisotopic (exact) mass is 396 g/mol. The third kappa shape index (κ3) is 6.28. The molecule has 0 spiro atoms. The number of esters is 1. The van der Waals surface area contributed by atoms with Crippen LogP contribution in [0.4, 0.5) is 8.78 Å². The summed E-state index contributed by atoms with van der Waals surface area (Å²) in [5, 5.41) is 2.37. The zero-order valence-corrected chi connectivity index (χ0v) is 16.0. The van der Waals surface area contributed by atoms with Crippen LogP contribution in [0.1, 0.15) is 55.8 Å². The number of likely N-dealkylation sites (N-methyl/N-ethyl adjacent to an activating group) is 1. The molecule has 1 fully saturated rings. The molecule has 0 unspecified atom stereocenters. The number of carbonyl (C=O) groups is 3. The molecule has 0 heterocycles. The second kappa shape index (κ2) is 10.7. The first-order chi connectivity index (χ1) is 13.4. The molecule has 2 rings (SSSR count). The van der Waals surface area contributed by atoms with E-state index in [9.17, 15) is 23.2 Å². The predicted molar refractivity (Wildman–Crippen MR) is 98.5 cm³/mol. The minimum Gasteiger partial charge on any atom is -0.456 e. The highest BCUT2D eigenvalue weighted by Crippen LogP contribution is 2.22. The van der Waals surface area contributed by atoms with Gasteiger partial charge >= 0.3 is 5.97 Å². The zero-order chi connectivity index (χ0) is 20.5. The quantitative estimate of drug-likeness (QED) is 0.686. The number of carbonyl (C=O) groups excluding carboxylic acids is 3. The highest BCUT2D eigenvalue weighted by Gasteiger charge is 2.24. The maximum absolute atomic E-state index is 13.5. The van der Waals surface area contributed by atoms with E-state index in [0.717, 1.165) is 37.8 Å². The first kappa shape index (κ1) is 21.8. The van der Waals surface area contributed by atoms with Crippen molar-refractivity contribution in [1.82, 2.24) is 10.2 Å². The summed E-state index contributed by atoms with van der Waals surface area (Å²) in [6, 6.07) is 2.82. The lowest BCUT2D eigenvalue weighted by Crippen LogP contribution is -2.43. The van der Waals surface area contributed by atoms with Crippen molar-refractivity contribution in [2.24, 2.45) is 0 Å². The minimum atomic E-state index is -0.979. The SMILES string of the molecule is CCN(C(=O)COC(=O)CCNC(=O)c1ccc(F)cc1F)C1CCCCC1. The van der Waals surface area contributed by atoms with Crippen molar-refractivity contribution in [3.05, 3.63) is 35.4 Å². The van der Waals surface area contributed by atoms with E-state index in [-0.39, 0.29) is 37.1 Å². The molecule has 0 saturated heterocycles. The molecule has 28 heavy (non-hydrogen) atoms. The van der Waals surface area contributed by atoms with Crippen LogP contribution in [0.5, 0.6) is 0 Å². The molecule has 2 amide bonds. The Hall–Kier alpha value is -2.51. The molecule has 0 aliphatic heterocycles. The van der Waals surface area contributed by atoms with Crippen molar-refractivity contribution in [2.45, 2.75) is 51.5 Å². The summed E-state index contributed by atoms with van der Waals surface area (Å²) >= 11 is 0. The van der Waals surface area contributed by atoms with Crippen LogP contribution in [-0.2, 0) is 14.3 Å². The number of hydrogen-bond donors (Lipinski definition) is 1. The van der Waals surface area contributed by atoms with Crippen LogP contribution in [0.15, 0.2) is 18.2 Å². The zero-order valence-electron chi connectivity index (χ0n) is 16.0. The van der Waals surface area contributed by atoms with Gasteiger partial charge in [-0.2, -0.15) is 0 Å². The maximum Gasteiger partial charge on any atom is 0.308 e. The third-order valence-corrected chi connectivity index (χ3v) is 4.82. The maximum atomic E-state index is 13.5. The van der Waals surface area contributed by atoms with Crippen LogP contribution < -0.4 is 5.32 Å². The molecule has 0 radical (unpaired) electrons. The van der Waals surface area contributed by atoms with Crippen molar-refractivity contribution >= 4 is 17.8 Å². The van der Waals surface area contributed by atoms with Gasteiger partial charge in [0.05, 0.1) is 12.0 Å². The average Bonchev–Trinajstić information content (AvgIpc) is 2.67. The highest BCUT2D eigenvalue weighted by molar-refractivity contribution is 5.94. The fourth-order valence-electron chi connectivity index (χ4n) is 3.38. The number of hydrogen-bond acceptors (Lipinski definition) is 4. The number of rotatable bonds is 8. The third-order valence-electron chi connectivity index (χ3n) is 4.82. The second-order valence-corrected chi connectivity index (χ2v) is 6.76. The minimum absolute atomic E-state index is 0.0806. The van der Waals surface area contributed by atoms with E-state index in [0.29, 0.717) is 12.6 Å². The highest BCUT2D eigenvalue weighted by atomic mass is 19.1. The molecule has 1 aromatic carbocycles. The summed E-state index contributed by atoms with van der Waals surface area (Å²) in [4.78, 5) is 37.7. The van der Waals surface area contributed by atoms with Gasteiger partial charge in [0.1, 0.15) is 11.6 Å². The van der Waals surface area contributed by atoms with Gasteiger partial charge in [0.15, 0.2) is 6.61 Å². The number of benzene rings is 1. The lowest BCUT2D eigenvalue weighted by molar-refractivity contribution is -0.153. The van der Waals surface area contributed by atoms with Crippen molar-refractivity contribution in [3.8, 4) is 0 Å². The molecule has 1 aliphatic carbocycles. The van der Waals surface area contributed by atoms with Crippen LogP contribution in [0.25, 0.3) is 0 Å². The Balaban J connectivity index is 1.71. The van der Waals surface area contributed by atoms with E-state index in [1.165, 1.54) is 6.42 Å². The largest absolute Gasteiger partial charge is 0.456 e. The van der Waals surface area contributed by atoms with Crippen LogP contribution >= 0.6 is 0 Å². The Kier molecular flexibility index (Phi) is 8.35. The molecular formula is C20H26F2N2O4. The molecule has 1 saturated carbocycles. The Morgan fingerprint density at radius 1 is 1.18 bits per heavy atom. The summed E-state index contributed by atoms with van der Waals surface area (Å²) in [6.45, 7) is 2.06. The van der Waals surface area contributed by atoms with E-state index >= 15 is 0 Å². The van der Waals surface area contributed by atoms with E-state index in [2.05, 4.69) is 5.32 Å². The number of amides is 2. The van der Waals surface area contributed by atoms with Crippen molar-refractivity contribution in [2.75, 3.05) is 19.7 Å². The van der Waals surface area contributed by atoms with Crippen LogP contribution in [0.3, 0.4) is 0 Å². The summed E-state index contributed by atoms with van der Waals surface area (Å²) < 4.78 is 31.4. The van der Waals surface area contributed by atoms with E-state index in [1.807, 2.05) is 6.92 Å². The van der Waals surface area contributed by atoms with Crippen LogP contribution in [0.2, 0.25) is 0 Å². The van der Waals surface area contributed by atoms with E-state index in [1.54, 1.807) is 4.90 Å². The molecule has 0 aromatic heterocycles. The predicted octanol–water partition coefficient (Wildman–Crippen LogP) is 2.81. The number of nitrogens with zero attached hydrogens (tertiary/aromatic N) is 1. The van der Waals surface area contributed by atoms with Gasteiger partial charge in [0.25, 0.3) is 11.8 Å². The van der Waals surface area contributed by atoms with Gasteiger partial charge in [-0.3, -0.25) is 14.4 Å². The molecule has 8 heteroatoms. The Labute approximate surface area is 163 Å². The lowest BCUT2D eigenvalue weighted by atomic mass is 9.94. The van der Waals surface area contributed by atoms with Crippen molar-refractivity contribution < 1.29 is 27.9 Å². The topological polar surface area (TPSA) is 75.7 Å². The van der Waals surface area contributed by atoms with Gasteiger partial charge in [-0.15, -0.1) is 0 Å². The number of nitrogens with one attached hydrogen (secondary N) is 1. The van der Waals surface area contributed by atoms with Gasteiger partial charge in [0, 0.05) is 25.2 Å². The fraction of sp³-hybridized carbons (Fsp3) is 0.550. The molecule has 0 atom stereocenters. The molecule has 154 valence electrons. The first-order valence-electron chi connectivity index (χ1n) is 9.60. The van der Waals surface area contributed by atoms with Gasteiger partial charge in [0.2, 0.25) is 0 Å². The lowest BCUT2D eigenvalue weighted by Gasteiger charge is -2.33. The summed E-state index contributed by atoms with van der Waals surface area (Å²) in [5.74, 6) is -3.37. The van der Waals surface area contributed by atoms with E-state index in [4.69, 9.17) is 4.74 Å². The van der Waals surface area contributed by atoms with Crippen LogP contribution in [0, 0.1) is 11.6 Å². The van der Waals surface area contributed by atoms with Crippen molar-refractivity contribution in [3.63, 3.8) is 0 Å². The first-order valence-corrected chi connectivity index (χ1v) is 9.60. The Morgan fingerprint density at radius 2 is 1.89 bits per heavy atom. The molecule has 1 N–H and O–H groups in total. The molecular weight excluding hydrogens is 370 g/mol. The molecule has 1 aromatic rings. The van der Waals surface area contributed by atoms with Gasteiger partial charge in [-0.1, -0.05) is 19.3 Å². The summed E-state index contributed by atoms with van der Waals surface area (Å²) in [6.07, 6.45) is 5.17. The fourth-order valence-corrected chi connectivity index (χ4v) is 3.38. The normalized spacial score (nSPS) is 14.4. The van der Waals surface area contributed by atoms with Crippen molar-refractivity contribution in [1.29, 1.82) is 0 Å². The molecule has 1 aliphatic rings. The molecule has 6 nitrogen and oxygen atoms in total. The van der Waals surface area contributed by atoms with E-state index < -0.39 is 23.5 Å². The van der Waals surface area contributed by atoms with Crippen LogP contribution in [-0.4, -0.2) is 48.4 Å². The number of halogens is 2. The summed E-state index contributed by atoms with van der Waals surface area (Å²) in [5.41, 5.74) is -0.309. The second-order valence-electron chi connectivity index (χ2n) is 6.76. The average molecular weight is 396 g/mol. The summed E-state index contributed by atoms with van der Waals surface area (Å²) in [7, 11) is 0. The number of ether oxygens (including phenoxy) is 1. The van der Waals surface area contributed by atoms with Gasteiger partial charge < -0.3 is 15.0 Å².